The molecule has 2 aliphatic heterocycles. The first-order valence-corrected chi connectivity index (χ1v) is 7.53. The molecule has 5 heteroatoms. The average molecular weight is 327 g/mol. The molecule has 1 aromatic carbocycles. The van der Waals surface area contributed by atoms with Gasteiger partial charge in [0.2, 0.25) is 0 Å². The zero-order chi connectivity index (χ0) is 13.2. The Hall–Kier alpha value is -0.780. The summed E-state index contributed by atoms with van der Waals surface area (Å²) in [5, 5.41) is 3.35. The van der Waals surface area contributed by atoms with E-state index in [4.69, 9.17) is 9.47 Å². The summed E-state index contributed by atoms with van der Waals surface area (Å²) < 4.78 is 12.3. The molecule has 0 saturated carbocycles. The van der Waals surface area contributed by atoms with E-state index >= 15 is 0 Å². The molecule has 1 N–H and O–H groups in total. The van der Waals surface area contributed by atoms with E-state index in [-0.39, 0.29) is 0 Å². The maximum absolute atomic E-state index is 5.65. The monoisotopic (exact) mass is 326 g/mol. The summed E-state index contributed by atoms with van der Waals surface area (Å²) in [4.78, 5) is 2.47. The van der Waals surface area contributed by atoms with Gasteiger partial charge in [0.1, 0.15) is 13.2 Å². The molecule has 2 aliphatic rings. The maximum atomic E-state index is 5.65. The number of nitrogens with zero attached hydrogens (tertiary/aromatic N) is 1. The van der Waals surface area contributed by atoms with Crippen molar-refractivity contribution in [3.05, 3.63) is 22.2 Å². The summed E-state index contributed by atoms with van der Waals surface area (Å²) >= 11 is 3.64. The highest BCUT2D eigenvalue weighted by Crippen LogP contribution is 2.36. The highest BCUT2D eigenvalue weighted by Gasteiger charge is 2.22. The van der Waals surface area contributed by atoms with Crippen LogP contribution in [0.3, 0.4) is 0 Å². The molecule has 2 heterocycles. The smallest absolute Gasteiger partial charge is 0.162 e. The van der Waals surface area contributed by atoms with Crippen LogP contribution in [0.4, 0.5) is 0 Å². The first kappa shape index (κ1) is 13.2. The van der Waals surface area contributed by atoms with Gasteiger partial charge in [0.15, 0.2) is 11.5 Å². The predicted molar refractivity (Wildman–Crippen MR) is 77.9 cm³/mol. The van der Waals surface area contributed by atoms with Crippen LogP contribution in [0.1, 0.15) is 12.0 Å². The second-order valence-corrected chi connectivity index (χ2v) is 5.95. The van der Waals surface area contributed by atoms with Crippen molar-refractivity contribution in [3.63, 3.8) is 0 Å². The minimum atomic E-state index is 0.621. The van der Waals surface area contributed by atoms with E-state index in [1.807, 2.05) is 13.1 Å². The van der Waals surface area contributed by atoms with Crippen molar-refractivity contribution in [2.45, 2.75) is 19.0 Å². The number of hydrogen-bond donors (Lipinski definition) is 1. The van der Waals surface area contributed by atoms with E-state index in [1.54, 1.807) is 0 Å². The Labute approximate surface area is 122 Å². The van der Waals surface area contributed by atoms with Crippen molar-refractivity contribution in [3.8, 4) is 11.5 Å². The van der Waals surface area contributed by atoms with E-state index in [0.29, 0.717) is 19.3 Å². The number of nitrogens with one attached hydrogen (secondary N) is 1. The summed E-state index contributed by atoms with van der Waals surface area (Å²) in [6.07, 6.45) is 1.22. The van der Waals surface area contributed by atoms with Crippen molar-refractivity contribution in [1.82, 2.24) is 10.2 Å². The fourth-order valence-electron chi connectivity index (χ4n) is 2.68. The van der Waals surface area contributed by atoms with Crippen LogP contribution >= 0.6 is 15.9 Å². The highest BCUT2D eigenvalue weighted by molar-refractivity contribution is 9.10. The minimum Gasteiger partial charge on any atom is -0.486 e. The van der Waals surface area contributed by atoms with E-state index in [2.05, 4.69) is 32.2 Å². The van der Waals surface area contributed by atoms with Crippen molar-refractivity contribution in [2.75, 3.05) is 33.4 Å². The molecule has 0 spiro atoms. The third-order valence-electron chi connectivity index (χ3n) is 3.79. The molecule has 4 nitrogen and oxygen atoms in total. The summed E-state index contributed by atoms with van der Waals surface area (Å²) in [6, 6.07) is 4.75. The number of halogens is 1. The number of likely N-dealkylation sites (N-methyl/N-ethyl adjacent to an activating group) is 1. The van der Waals surface area contributed by atoms with E-state index < -0.39 is 0 Å². The van der Waals surface area contributed by atoms with Crippen molar-refractivity contribution in [1.29, 1.82) is 0 Å². The van der Waals surface area contributed by atoms with Crippen LogP contribution in [-0.2, 0) is 6.54 Å². The largest absolute Gasteiger partial charge is 0.486 e. The second-order valence-electron chi connectivity index (χ2n) is 5.10. The van der Waals surface area contributed by atoms with Gasteiger partial charge in [-0.25, -0.2) is 0 Å². The fourth-order valence-corrected chi connectivity index (χ4v) is 3.13. The Morgan fingerprint density at radius 3 is 2.74 bits per heavy atom. The lowest BCUT2D eigenvalue weighted by molar-refractivity contribution is 0.171. The van der Waals surface area contributed by atoms with Crippen molar-refractivity contribution < 1.29 is 9.47 Å². The Morgan fingerprint density at radius 1 is 1.32 bits per heavy atom. The molecule has 0 radical (unpaired) electrons. The van der Waals surface area contributed by atoms with Crippen LogP contribution in [0.25, 0.3) is 0 Å². The van der Waals surface area contributed by atoms with Crippen molar-refractivity contribution in [2.24, 2.45) is 0 Å². The van der Waals surface area contributed by atoms with Gasteiger partial charge in [0.25, 0.3) is 0 Å². The first-order chi connectivity index (χ1) is 9.26. The van der Waals surface area contributed by atoms with Gasteiger partial charge in [-0.15, -0.1) is 0 Å². The summed E-state index contributed by atoms with van der Waals surface area (Å²) in [6.45, 7) is 4.48. The molecule has 0 amide bonds. The van der Waals surface area contributed by atoms with Gasteiger partial charge in [-0.1, -0.05) is 15.9 Å². The molecule has 1 saturated heterocycles. The van der Waals surface area contributed by atoms with Gasteiger partial charge in [-0.3, -0.25) is 4.90 Å². The number of hydrogen-bond acceptors (Lipinski definition) is 4. The highest BCUT2D eigenvalue weighted by atomic mass is 79.9. The molecule has 19 heavy (non-hydrogen) atoms. The van der Waals surface area contributed by atoms with E-state index in [0.717, 1.165) is 35.6 Å². The first-order valence-electron chi connectivity index (χ1n) is 6.74. The topological polar surface area (TPSA) is 33.7 Å². The normalized spacial score (nSPS) is 22.7. The van der Waals surface area contributed by atoms with Gasteiger partial charge in [0, 0.05) is 30.1 Å². The van der Waals surface area contributed by atoms with Gasteiger partial charge in [0.05, 0.1) is 0 Å². The third kappa shape index (κ3) is 2.88. The summed E-state index contributed by atoms with van der Waals surface area (Å²) in [5.74, 6) is 1.71. The van der Waals surface area contributed by atoms with Gasteiger partial charge < -0.3 is 14.8 Å². The van der Waals surface area contributed by atoms with Crippen LogP contribution < -0.4 is 14.8 Å². The lowest BCUT2D eigenvalue weighted by atomic mass is 10.2. The van der Waals surface area contributed by atoms with Crippen LogP contribution in [0.5, 0.6) is 11.5 Å². The van der Waals surface area contributed by atoms with Crippen molar-refractivity contribution >= 4 is 15.9 Å². The van der Waals surface area contributed by atoms with Gasteiger partial charge in [-0.05, 0) is 31.2 Å². The van der Waals surface area contributed by atoms with Crippen LogP contribution in [0.15, 0.2) is 16.6 Å². The zero-order valence-electron chi connectivity index (χ0n) is 11.1. The fraction of sp³-hybridized carbons (Fsp3) is 0.571. The number of rotatable bonds is 3. The quantitative estimate of drug-likeness (QED) is 0.921. The Balaban J connectivity index is 1.74. The SMILES string of the molecule is CNC1CCN(Cc2cc3c(cc2Br)OCCO3)C1. The molecule has 1 unspecified atom stereocenters. The Morgan fingerprint density at radius 2 is 2.05 bits per heavy atom. The minimum absolute atomic E-state index is 0.621. The van der Waals surface area contributed by atoms with Gasteiger partial charge >= 0.3 is 0 Å². The Bertz CT molecular complexity index is 467. The molecular weight excluding hydrogens is 308 g/mol. The number of fused-ring (bicyclic) bond motifs is 1. The van der Waals surface area contributed by atoms with E-state index in [9.17, 15) is 0 Å². The number of likely N-dealkylation sites (tertiary alicyclic amines) is 1. The molecule has 1 aromatic rings. The molecule has 1 atom stereocenters. The van der Waals surface area contributed by atoms with Gasteiger partial charge in [-0.2, -0.15) is 0 Å². The second kappa shape index (κ2) is 5.69. The lowest BCUT2D eigenvalue weighted by Gasteiger charge is -2.22. The Kier molecular flexibility index (Phi) is 3.96. The van der Waals surface area contributed by atoms with E-state index in [1.165, 1.54) is 12.0 Å². The zero-order valence-corrected chi connectivity index (χ0v) is 12.7. The maximum Gasteiger partial charge on any atom is 0.162 e. The molecule has 104 valence electrons. The number of ether oxygens (including phenoxy) is 2. The standard InChI is InChI=1S/C14H19BrN2O2/c1-16-11-2-3-17(9-11)8-10-6-13-14(7-12(10)15)19-5-4-18-13/h6-7,11,16H,2-5,8-9H2,1H3. The molecule has 1 fully saturated rings. The van der Waals surface area contributed by atoms with Crippen LogP contribution in [-0.4, -0.2) is 44.3 Å². The molecule has 3 rings (SSSR count). The average Bonchev–Trinajstić information content (AvgIpc) is 2.87. The number of benzene rings is 1. The van der Waals surface area contributed by atoms with Crippen LogP contribution in [0.2, 0.25) is 0 Å². The molecule has 0 aliphatic carbocycles. The summed E-state index contributed by atoms with van der Waals surface area (Å²) in [5.41, 5.74) is 1.26. The molecular formula is C14H19BrN2O2. The predicted octanol–water partition coefficient (Wildman–Crippen LogP) is 2.01. The molecule has 0 bridgehead atoms. The van der Waals surface area contributed by atoms with Crippen LogP contribution in [0, 0.1) is 0 Å². The lowest BCUT2D eigenvalue weighted by Crippen LogP contribution is -2.29. The summed E-state index contributed by atoms with van der Waals surface area (Å²) in [7, 11) is 2.04. The third-order valence-corrected chi connectivity index (χ3v) is 4.52. The molecule has 0 aromatic heterocycles.